The van der Waals surface area contributed by atoms with Gasteiger partial charge in [0.1, 0.15) is 0 Å². The number of nitro benzene ring substituents is 1. The molecule has 0 aliphatic heterocycles. The predicted molar refractivity (Wildman–Crippen MR) is 58.0 cm³/mol. The first-order valence-corrected chi connectivity index (χ1v) is 5.34. The summed E-state index contributed by atoms with van der Waals surface area (Å²) in [6, 6.07) is 2.63. The number of nitrogens with two attached hydrogens (primary N) is 1. The highest BCUT2D eigenvalue weighted by Gasteiger charge is 2.39. The van der Waals surface area contributed by atoms with Crippen molar-refractivity contribution >= 4 is 5.69 Å². The zero-order valence-corrected chi connectivity index (χ0v) is 9.33. The van der Waals surface area contributed by atoms with Crippen LogP contribution in [0.3, 0.4) is 0 Å². The lowest BCUT2D eigenvalue weighted by molar-refractivity contribution is -0.385. The van der Waals surface area contributed by atoms with E-state index < -0.39 is 27.9 Å². The third-order valence-electron chi connectivity index (χ3n) is 2.96. The van der Waals surface area contributed by atoms with E-state index in [1.807, 2.05) is 0 Å². The summed E-state index contributed by atoms with van der Waals surface area (Å²) in [7, 11) is 0. The molecule has 2 N–H and O–H groups in total. The van der Waals surface area contributed by atoms with Gasteiger partial charge >= 0.3 is 6.18 Å². The molecule has 0 radical (unpaired) electrons. The summed E-state index contributed by atoms with van der Waals surface area (Å²) in [5.74, 6) is 0. The minimum atomic E-state index is -4.59. The first kappa shape index (κ1) is 12.8. The van der Waals surface area contributed by atoms with E-state index in [0.717, 1.165) is 25.0 Å². The number of alkyl halides is 3. The van der Waals surface area contributed by atoms with Gasteiger partial charge in [-0.2, -0.15) is 13.2 Å². The number of halogens is 3. The van der Waals surface area contributed by atoms with Crippen molar-refractivity contribution in [2.75, 3.05) is 0 Å². The maximum atomic E-state index is 12.6. The van der Waals surface area contributed by atoms with Crippen LogP contribution in [0, 0.1) is 10.1 Å². The van der Waals surface area contributed by atoms with E-state index in [2.05, 4.69) is 0 Å². The number of non-ortho nitro benzene ring substituents is 1. The van der Waals surface area contributed by atoms with Crippen LogP contribution < -0.4 is 5.73 Å². The largest absolute Gasteiger partial charge is 0.416 e. The number of benzene rings is 1. The fourth-order valence-electron chi connectivity index (χ4n) is 1.79. The topological polar surface area (TPSA) is 69.2 Å². The van der Waals surface area contributed by atoms with Crippen molar-refractivity contribution < 1.29 is 18.1 Å². The molecule has 0 unspecified atom stereocenters. The van der Waals surface area contributed by atoms with E-state index >= 15 is 0 Å². The summed E-state index contributed by atoms with van der Waals surface area (Å²) >= 11 is 0. The lowest BCUT2D eigenvalue weighted by Crippen LogP contribution is -2.24. The minimum Gasteiger partial charge on any atom is -0.325 e. The summed E-state index contributed by atoms with van der Waals surface area (Å²) in [6.07, 6.45) is -2.89. The second-order valence-electron chi connectivity index (χ2n) is 4.68. The molecule has 0 heterocycles. The highest BCUT2D eigenvalue weighted by atomic mass is 19.4. The molecule has 1 aliphatic carbocycles. The fraction of sp³-hybridized carbons (Fsp3) is 0.455. The van der Waals surface area contributed by atoms with E-state index in [0.29, 0.717) is 6.07 Å². The second kappa shape index (κ2) is 3.94. The van der Waals surface area contributed by atoms with Crippen molar-refractivity contribution in [2.24, 2.45) is 5.73 Å². The van der Waals surface area contributed by atoms with Crippen molar-refractivity contribution in [3.8, 4) is 0 Å². The molecule has 18 heavy (non-hydrogen) atoms. The van der Waals surface area contributed by atoms with Crippen LogP contribution >= 0.6 is 0 Å². The third kappa shape index (κ3) is 2.79. The lowest BCUT2D eigenvalue weighted by atomic mass is 10.0. The number of hydrogen-bond donors (Lipinski definition) is 1. The molecule has 1 aliphatic rings. The fourth-order valence-corrected chi connectivity index (χ4v) is 1.79. The standard InChI is InChI=1S/C11H11F3N2O2/c12-11(13,14)8-3-7(6-10(15)1-2-10)4-9(5-8)16(17)18/h3-5H,1-2,6,15H2. The van der Waals surface area contributed by atoms with Crippen molar-refractivity contribution in [2.45, 2.75) is 31.0 Å². The summed E-state index contributed by atoms with van der Waals surface area (Å²) in [6.45, 7) is 0. The van der Waals surface area contributed by atoms with Crippen LogP contribution in [-0.2, 0) is 12.6 Å². The number of hydrogen-bond acceptors (Lipinski definition) is 3. The summed E-state index contributed by atoms with van der Waals surface area (Å²) in [5.41, 5.74) is 4.03. The lowest BCUT2D eigenvalue weighted by Gasteiger charge is -2.12. The molecule has 1 aromatic carbocycles. The molecule has 0 amide bonds. The minimum absolute atomic E-state index is 0.234. The predicted octanol–water partition coefficient (Wildman–Crippen LogP) is 2.65. The van der Waals surface area contributed by atoms with Gasteiger partial charge < -0.3 is 5.73 Å². The number of rotatable bonds is 3. The Kier molecular flexibility index (Phi) is 2.81. The van der Waals surface area contributed by atoms with Crippen LogP contribution in [0.1, 0.15) is 24.0 Å². The molecule has 1 saturated carbocycles. The first-order chi connectivity index (χ1) is 8.20. The van der Waals surface area contributed by atoms with Gasteiger partial charge in [0.2, 0.25) is 0 Å². The summed E-state index contributed by atoms with van der Waals surface area (Å²) in [4.78, 5) is 9.80. The molecule has 0 bridgehead atoms. The van der Waals surface area contributed by atoms with Gasteiger partial charge in [-0.3, -0.25) is 10.1 Å². The van der Waals surface area contributed by atoms with E-state index in [1.54, 1.807) is 0 Å². The zero-order valence-electron chi connectivity index (χ0n) is 9.33. The third-order valence-corrected chi connectivity index (χ3v) is 2.96. The Hall–Kier alpha value is -1.63. The van der Waals surface area contributed by atoms with Gasteiger partial charge in [0.15, 0.2) is 0 Å². The van der Waals surface area contributed by atoms with Gasteiger partial charge in [0.25, 0.3) is 5.69 Å². The maximum absolute atomic E-state index is 12.6. The van der Waals surface area contributed by atoms with Crippen LogP contribution in [0.15, 0.2) is 18.2 Å². The molecule has 0 saturated heterocycles. The Bertz CT molecular complexity index is 496. The van der Waals surface area contributed by atoms with Crippen molar-refractivity contribution in [1.82, 2.24) is 0 Å². The second-order valence-corrected chi connectivity index (χ2v) is 4.68. The van der Waals surface area contributed by atoms with Crippen molar-refractivity contribution in [1.29, 1.82) is 0 Å². The molecule has 98 valence electrons. The molecule has 0 atom stereocenters. The zero-order chi connectivity index (χ0) is 13.6. The first-order valence-electron chi connectivity index (χ1n) is 5.34. The van der Waals surface area contributed by atoms with Crippen molar-refractivity contribution in [3.05, 3.63) is 39.4 Å². The summed E-state index contributed by atoms with van der Waals surface area (Å²) < 4.78 is 37.8. The van der Waals surface area contributed by atoms with Crippen LogP contribution in [0.4, 0.5) is 18.9 Å². The Labute approximate surface area is 101 Å². The number of nitrogens with zero attached hydrogens (tertiary/aromatic N) is 1. The highest BCUT2D eigenvalue weighted by Crippen LogP contribution is 2.38. The average molecular weight is 260 g/mol. The molecular weight excluding hydrogens is 249 g/mol. The Morgan fingerprint density at radius 2 is 1.94 bits per heavy atom. The number of nitro groups is 1. The van der Waals surface area contributed by atoms with E-state index in [1.165, 1.54) is 0 Å². The summed E-state index contributed by atoms with van der Waals surface area (Å²) in [5, 5.41) is 10.6. The van der Waals surface area contributed by atoms with Crippen molar-refractivity contribution in [3.63, 3.8) is 0 Å². The van der Waals surface area contributed by atoms with E-state index in [-0.39, 0.29) is 12.0 Å². The normalized spacial score (nSPS) is 17.6. The van der Waals surface area contributed by atoms with Gasteiger partial charge in [0, 0.05) is 17.7 Å². The van der Waals surface area contributed by atoms with Gasteiger partial charge in [-0.25, -0.2) is 0 Å². The molecule has 4 nitrogen and oxygen atoms in total. The Balaban J connectivity index is 2.39. The maximum Gasteiger partial charge on any atom is 0.416 e. The van der Waals surface area contributed by atoms with Crippen LogP contribution in [-0.4, -0.2) is 10.5 Å². The monoisotopic (exact) mass is 260 g/mol. The van der Waals surface area contributed by atoms with E-state index in [4.69, 9.17) is 5.73 Å². The molecule has 7 heteroatoms. The quantitative estimate of drug-likeness (QED) is 0.671. The SMILES string of the molecule is NC1(Cc2cc([N+](=O)[O-])cc(C(F)(F)F)c2)CC1. The highest BCUT2D eigenvalue weighted by molar-refractivity contribution is 5.41. The van der Waals surface area contributed by atoms with Crippen LogP contribution in [0.25, 0.3) is 0 Å². The molecule has 0 spiro atoms. The Morgan fingerprint density at radius 1 is 1.33 bits per heavy atom. The molecule has 0 aromatic heterocycles. The van der Waals surface area contributed by atoms with Crippen LogP contribution in [0.2, 0.25) is 0 Å². The Morgan fingerprint density at radius 3 is 2.39 bits per heavy atom. The average Bonchev–Trinajstić information content (AvgIpc) is 2.94. The van der Waals surface area contributed by atoms with Gasteiger partial charge in [0.05, 0.1) is 10.5 Å². The van der Waals surface area contributed by atoms with Crippen LogP contribution in [0.5, 0.6) is 0 Å². The molecule has 1 fully saturated rings. The molecular formula is C11H11F3N2O2. The molecule has 2 rings (SSSR count). The smallest absolute Gasteiger partial charge is 0.325 e. The van der Waals surface area contributed by atoms with Gasteiger partial charge in [-0.15, -0.1) is 0 Å². The van der Waals surface area contributed by atoms with Gasteiger partial charge in [-0.1, -0.05) is 0 Å². The van der Waals surface area contributed by atoms with Gasteiger partial charge in [-0.05, 0) is 30.9 Å². The molecule has 1 aromatic rings. The van der Waals surface area contributed by atoms with E-state index in [9.17, 15) is 23.3 Å².